The summed E-state index contributed by atoms with van der Waals surface area (Å²) in [6.07, 6.45) is 3.35. The molecule has 2 heterocycles. The van der Waals surface area contributed by atoms with Crippen LogP contribution in [0.5, 0.6) is 5.75 Å². The fraction of sp³-hybridized carbons (Fsp3) is 0.200. The van der Waals surface area contributed by atoms with Crippen LogP contribution in [0.15, 0.2) is 29.0 Å². The first-order chi connectivity index (χ1) is 7.31. The van der Waals surface area contributed by atoms with Gasteiger partial charge in [-0.15, -0.1) is 0 Å². The van der Waals surface area contributed by atoms with Crippen molar-refractivity contribution in [3.63, 3.8) is 0 Å². The van der Waals surface area contributed by atoms with Crippen LogP contribution in [0.2, 0.25) is 0 Å². The molecule has 1 N–H and O–H groups in total. The van der Waals surface area contributed by atoms with Gasteiger partial charge in [-0.1, -0.05) is 0 Å². The number of ether oxygens (including phenoxy) is 1. The molecule has 0 spiro atoms. The van der Waals surface area contributed by atoms with Gasteiger partial charge in [0.25, 0.3) is 0 Å². The number of rotatable bonds is 3. The summed E-state index contributed by atoms with van der Waals surface area (Å²) in [4.78, 5) is 8.39. The van der Waals surface area contributed by atoms with Gasteiger partial charge in [0.2, 0.25) is 0 Å². The lowest BCUT2D eigenvalue weighted by atomic mass is 10.3. The second-order valence-corrected chi connectivity index (χ2v) is 3.82. The van der Waals surface area contributed by atoms with Crippen LogP contribution in [0.3, 0.4) is 0 Å². The molecule has 4 nitrogen and oxygen atoms in total. The summed E-state index contributed by atoms with van der Waals surface area (Å²) in [6.45, 7) is 0.247. The quantitative estimate of drug-likeness (QED) is 0.922. The number of pyridine rings is 2. The zero-order valence-corrected chi connectivity index (χ0v) is 9.44. The standard InChI is InChI=1S/C10H9BrN2O2/c11-7-5-8-10(13-6-7)9(1-2-12-8)15-4-3-14/h1-2,5-6,14H,3-4H2. The molecule has 0 aliphatic carbocycles. The molecule has 5 heteroatoms. The van der Waals surface area contributed by atoms with Crippen LogP contribution in [0, 0.1) is 0 Å². The number of nitrogens with zero attached hydrogens (tertiary/aromatic N) is 2. The van der Waals surface area contributed by atoms with E-state index in [1.54, 1.807) is 18.5 Å². The highest BCUT2D eigenvalue weighted by atomic mass is 79.9. The fourth-order valence-electron chi connectivity index (χ4n) is 1.25. The average molecular weight is 269 g/mol. The van der Waals surface area contributed by atoms with E-state index in [4.69, 9.17) is 9.84 Å². The SMILES string of the molecule is OCCOc1ccnc2cc(Br)cnc12. The number of aliphatic hydroxyl groups is 1. The Morgan fingerprint density at radius 3 is 3.07 bits per heavy atom. The Bertz CT molecular complexity index is 476. The van der Waals surface area contributed by atoms with Gasteiger partial charge in [-0.25, -0.2) is 4.98 Å². The number of hydrogen-bond acceptors (Lipinski definition) is 4. The zero-order chi connectivity index (χ0) is 10.7. The van der Waals surface area contributed by atoms with Crippen LogP contribution in [0.4, 0.5) is 0 Å². The van der Waals surface area contributed by atoms with Gasteiger partial charge in [-0.2, -0.15) is 0 Å². The number of aliphatic hydroxyl groups excluding tert-OH is 1. The lowest BCUT2D eigenvalue weighted by molar-refractivity contribution is 0.202. The van der Waals surface area contributed by atoms with Gasteiger partial charge in [-0.05, 0) is 22.0 Å². The van der Waals surface area contributed by atoms with Crippen molar-refractivity contribution in [3.8, 4) is 5.75 Å². The Hall–Kier alpha value is -1.20. The number of halogens is 1. The van der Waals surface area contributed by atoms with Crippen LogP contribution >= 0.6 is 15.9 Å². The normalized spacial score (nSPS) is 10.5. The second-order valence-electron chi connectivity index (χ2n) is 2.90. The summed E-state index contributed by atoms with van der Waals surface area (Å²) in [5.74, 6) is 0.640. The van der Waals surface area contributed by atoms with Crippen LogP contribution in [-0.4, -0.2) is 28.3 Å². The molecule has 0 saturated heterocycles. The van der Waals surface area contributed by atoms with E-state index in [1.807, 2.05) is 6.07 Å². The maximum absolute atomic E-state index is 8.68. The smallest absolute Gasteiger partial charge is 0.148 e. The first-order valence-electron chi connectivity index (χ1n) is 4.45. The Kier molecular flexibility index (Phi) is 3.13. The predicted octanol–water partition coefficient (Wildman–Crippen LogP) is 1.76. The van der Waals surface area contributed by atoms with E-state index in [-0.39, 0.29) is 13.2 Å². The van der Waals surface area contributed by atoms with E-state index < -0.39 is 0 Å². The summed E-state index contributed by atoms with van der Waals surface area (Å²) in [5.41, 5.74) is 1.47. The molecule has 78 valence electrons. The monoisotopic (exact) mass is 268 g/mol. The Morgan fingerprint density at radius 2 is 2.27 bits per heavy atom. The van der Waals surface area contributed by atoms with Crippen LogP contribution in [0.1, 0.15) is 0 Å². The second kappa shape index (κ2) is 4.55. The van der Waals surface area contributed by atoms with Crippen LogP contribution < -0.4 is 4.74 Å². The van der Waals surface area contributed by atoms with Gasteiger partial charge < -0.3 is 9.84 Å². The van der Waals surface area contributed by atoms with Crippen molar-refractivity contribution in [3.05, 3.63) is 29.0 Å². The fourth-order valence-corrected chi connectivity index (χ4v) is 1.57. The predicted molar refractivity (Wildman–Crippen MR) is 59.8 cm³/mol. The summed E-state index contributed by atoms with van der Waals surface area (Å²) < 4.78 is 6.22. The third-order valence-electron chi connectivity index (χ3n) is 1.86. The number of fused-ring (bicyclic) bond motifs is 1. The summed E-state index contributed by atoms with van der Waals surface area (Å²) in [5, 5.41) is 8.68. The van der Waals surface area contributed by atoms with Gasteiger partial charge in [0, 0.05) is 22.9 Å². The highest BCUT2D eigenvalue weighted by Gasteiger charge is 2.04. The van der Waals surface area contributed by atoms with E-state index in [0.717, 1.165) is 9.99 Å². The number of aromatic nitrogens is 2. The summed E-state index contributed by atoms with van der Waals surface area (Å²) in [7, 11) is 0. The molecule has 0 aromatic carbocycles. The maximum Gasteiger partial charge on any atom is 0.148 e. The molecular weight excluding hydrogens is 260 g/mol. The van der Waals surface area contributed by atoms with Gasteiger partial charge in [0.15, 0.2) is 0 Å². The van der Waals surface area contributed by atoms with E-state index >= 15 is 0 Å². The lowest BCUT2D eigenvalue weighted by Crippen LogP contribution is -2.02. The minimum atomic E-state index is -0.0135. The van der Waals surface area contributed by atoms with E-state index in [1.165, 1.54) is 0 Å². The molecule has 0 amide bonds. The van der Waals surface area contributed by atoms with E-state index in [2.05, 4.69) is 25.9 Å². The Labute approximate surface area is 95.1 Å². The molecular formula is C10H9BrN2O2. The average Bonchev–Trinajstić information content (AvgIpc) is 2.25. The number of hydrogen-bond donors (Lipinski definition) is 1. The van der Waals surface area contributed by atoms with Gasteiger partial charge in [0.05, 0.1) is 12.1 Å². The van der Waals surface area contributed by atoms with Crippen molar-refractivity contribution in [2.75, 3.05) is 13.2 Å². The van der Waals surface area contributed by atoms with Crippen molar-refractivity contribution < 1.29 is 9.84 Å². The molecule has 2 rings (SSSR count). The molecule has 2 aromatic heterocycles. The molecule has 0 unspecified atom stereocenters. The molecule has 0 saturated carbocycles. The lowest BCUT2D eigenvalue weighted by Gasteiger charge is -2.06. The molecule has 0 aliphatic rings. The first-order valence-corrected chi connectivity index (χ1v) is 5.24. The largest absolute Gasteiger partial charge is 0.489 e. The Morgan fingerprint density at radius 1 is 1.40 bits per heavy atom. The molecule has 0 radical (unpaired) electrons. The summed E-state index contributed by atoms with van der Waals surface area (Å²) >= 11 is 3.33. The minimum absolute atomic E-state index is 0.0135. The Balaban J connectivity index is 2.46. The molecule has 0 bridgehead atoms. The first kappa shape index (κ1) is 10.3. The van der Waals surface area contributed by atoms with Gasteiger partial charge in [0.1, 0.15) is 17.9 Å². The van der Waals surface area contributed by atoms with Crippen molar-refractivity contribution in [1.82, 2.24) is 9.97 Å². The van der Waals surface area contributed by atoms with Crippen molar-refractivity contribution >= 4 is 27.0 Å². The van der Waals surface area contributed by atoms with Crippen molar-refractivity contribution in [1.29, 1.82) is 0 Å². The maximum atomic E-state index is 8.68. The van der Waals surface area contributed by atoms with Crippen molar-refractivity contribution in [2.24, 2.45) is 0 Å². The third kappa shape index (κ3) is 2.24. The molecule has 0 fully saturated rings. The zero-order valence-electron chi connectivity index (χ0n) is 7.85. The topological polar surface area (TPSA) is 55.2 Å². The third-order valence-corrected chi connectivity index (χ3v) is 2.29. The van der Waals surface area contributed by atoms with Crippen LogP contribution in [-0.2, 0) is 0 Å². The van der Waals surface area contributed by atoms with Crippen molar-refractivity contribution in [2.45, 2.75) is 0 Å². The summed E-state index contributed by atoms with van der Waals surface area (Å²) in [6, 6.07) is 3.60. The molecule has 2 aromatic rings. The molecule has 0 atom stereocenters. The van der Waals surface area contributed by atoms with E-state index in [0.29, 0.717) is 11.3 Å². The highest BCUT2D eigenvalue weighted by molar-refractivity contribution is 9.10. The molecule has 15 heavy (non-hydrogen) atoms. The highest BCUT2D eigenvalue weighted by Crippen LogP contribution is 2.23. The van der Waals surface area contributed by atoms with Gasteiger partial charge in [-0.3, -0.25) is 4.98 Å². The van der Waals surface area contributed by atoms with Gasteiger partial charge >= 0.3 is 0 Å². The minimum Gasteiger partial charge on any atom is -0.489 e. The molecule has 0 aliphatic heterocycles. The van der Waals surface area contributed by atoms with E-state index in [9.17, 15) is 0 Å². The van der Waals surface area contributed by atoms with Crippen LogP contribution in [0.25, 0.3) is 11.0 Å².